The van der Waals surface area contributed by atoms with Crippen LogP contribution in [0, 0.1) is 0 Å². The van der Waals surface area contributed by atoms with Crippen molar-refractivity contribution in [2.75, 3.05) is 4.90 Å². The highest BCUT2D eigenvalue weighted by molar-refractivity contribution is 6.19. The molecule has 0 aliphatic carbocycles. The average molecular weight is 588 g/mol. The Morgan fingerprint density at radius 2 is 1.00 bits per heavy atom. The van der Waals surface area contributed by atoms with Crippen molar-refractivity contribution >= 4 is 60.5 Å². The Labute approximate surface area is 267 Å². The van der Waals surface area contributed by atoms with Crippen LogP contribution in [0.4, 0.5) is 17.1 Å². The fourth-order valence-corrected chi connectivity index (χ4v) is 6.88. The van der Waals surface area contributed by atoms with E-state index in [0.29, 0.717) is 0 Å². The summed E-state index contributed by atoms with van der Waals surface area (Å²) in [5.74, 6) is 0. The highest BCUT2D eigenvalue weighted by Crippen LogP contribution is 2.44. The van der Waals surface area contributed by atoms with E-state index >= 15 is 0 Å². The quantitative estimate of drug-likeness (QED) is 0.199. The van der Waals surface area contributed by atoms with Crippen LogP contribution in [0.25, 0.3) is 65.7 Å². The van der Waals surface area contributed by atoms with Gasteiger partial charge in [0.25, 0.3) is 0 Å². The predicted molar refractivity (Wildman–Crippen MR) is 194 cm³/mol. The van der Waals surface area contributed by atoms with Crippen LogP contribution < -0.4 is 4.90 Å². The third-order valence-electron chi connectivity index (χ3n) is 9.06. The first-order valence-corrected chi connectivity index (χ1v) is 15.7. The number of anilines is 3. The largest absolute Gasteiger partial charge is 0.456 e. The van der Waals surface area contributed by atoms with Gasteiger partial charge in [-0.25, -0.2) is 0 Å². The summed E-state index contributed by atoms with van der Waals surface area (Å²) in [5, 5.41) is 7.12. The van der Waals surface area contributed by atoms with E-state index in [1.165, 1.54) is 43.8 Å². The second kappa shape index (κ2) is 10.8. The lowest BCUT2D eigenvalue weighted by molar-refractivity contribution is 0.669. The van der Waals surface area contributed by atoms with E-state index in [9.17, 15) is 0 Å². The Morgan fingerprint density at radius 1 is 0.370 bits per heavy atom. The molecule has 0 amide bonds. The Kier molecular flexibility index (Phi) is 6.17. The minimum Gasteiger partial charge on any atom is -0.456 e. The lowest BCUT2D eigenvalue weighted by atomic mass is 9.96. The molecule has 0 aliphatic rings. The highest BCUT2D eigenvalue weighted by Gasteiger charge is 2.19. The molecule has 0 fully saturated rings. The molecule has 9 aromatic rings. The SMILES string of the molecule is c1ccc(-c2ccc(N(c3ccc4c(c3)oc3ccc5ccccc5c34)c3ccc(-c4ccccc4)c4ccccc34)cc2)cc1. The first kappa shape index (κ1) is 26.3. The van der Waals surface area contributed by atoms with Crippen molar-refractivity contribution in [2.24, 2.45) is 0 Å². The molecule has 1 aromatic heterocycles. The number of hydrogen-bond acceptors (Lipinski definition) is 2. The van der Waals surface area contributed by atoms with Crippen molar-refractivity contribution in [3.05, 3.63) is 176 Å². The molecule has 0 saturated carbocycles. The van der Waals surface area contributed by atoms with Gasteiger partial charge in [0.05, 0.1) is 5.69 Å². The molecule has 216 valence electrons. The van der Waals surface area contributed by atoms with Crippen molar-refractivity contribution in [2.45, 2.75) is 0 Å². The molecule has 46 heavy (non-hydrogen) atoms. The molecule has 0 saturated heterocycles. The van der Waals surface area contributed by atoms with Gasteiger partial charge in [0.15, 0.2) is 0 Å². The molecule has 0 atom stereocenters. The summed E-state index contributed by atoms with van der Waals surface area (Å²) in [6, 6.07) is 62.6. The van der Waals surface area contributed by atoms with Gasteiger partial charge in [0.1, 0.15) is 11.2 Å². The molecule has 8 aromatic carbocycles. The van der Waals surface area contributed by atoms with Crippen LogP contribution in [0.3, 0.4) is 0 Å². The normalized spacial score (nSPS) is 11.5. The van der Waals surface area contributed by atoms with Crippen molar-refractivity contribution in [3.63, 3.8) is 0 Å². The summed E-state index contributed by atoms with van der Waals surface area (Å²) >= 11 is 0. The summed E-state index contributed by atoms with van der Waals surface area (Å²) in [6.45, 7) is 0. The van der Waals surface area contributed by atoms with Gasteiger partial charge in [-0.3, -0.25) is 0 Å². The number of furan rings is 1. The topological polar surface area (TPSA) is 16.4 Å². The molecule has 2 nitrogen and oxygen atoms in total. The van der Waals surface area contributed by atoms with Crippen LogP contribution in [0.1, 0.15) is 0 Å². The minimum absolute atomic E-state index is 0.875. The molecule has 0 spiro atoms. The summed E-state index contributed by atoms with van der Waals surface area (Å²) in [6.07, 6.45) is 0. The molecule has 0 aliphatic heterocycles. The van der Waals surface area contributed by atoms with Crippen LogP contribution in [-0.2, 0) is 0 Å². The Balaban J connectivity index is 1.26. The summed E-state index contributed by atoms with van der Waals surface area (Å²) in [4.78, 5) is 2.36. The van der Waals surface area contributed by atoms with Crippen molar-refractivity contribution in [1.82, 2.24) is 0 Å². The first-order valence-electron chi connectivity index (χ1n) is 15.7. The summed E-state index contributed by atoms with van der Waals surface area (Å²) in [7, 11) is 0. The molecule has 0 bridgehead atoms. The zero-order valence-corrected chi connectivity index (χ0v) is 25.1. The number of fused-ring (bicyclic) bond motifs is 6. The van der Waals surface area contributed by atoms with Gasteiger partial charge in [-0.05, 0) is 74.8 Å². The number of nitrogens with zero attached hydrogens (tertiary/aromatic N) is 1. The zero-order chi connectivity index (χ0) is 30.5. The maximum atomic E-state index is 6.54. The van der Waals surface area contributed by atoms with Crippen molar-refractivity contribution in [1.29, 1.82) is 0 Å². The molecule has 0 unspecified atom stereocenters. The van der Waals surface area contributed by atoms with Crippen LogP contribution in [0.5, 0.6) is 0 Å². The van der Waals surface area contributed by atoms with Gasteiger partial charge in [-0.1, -0.05) is 133 Å². The Morgan fingerprint density at radius 3 is 1.78 bits per heavy atom. The van der Waals surface area contributed by atoms with Crippen molar-refractivity contribution < 1.29 is 4.42 Å². The first-order chi connectivity index (χ1) is 22.8. The van der Waals surface area contributed by atoms with Crippen LogP contribution in [-0.4, -0.2) is 0 Å². The number of benzene rings is 8. The Bertz CT molecular complexity index is 2510. The van der Waals surface area contributed by atoms with E-state index < -0.39 is 0 Å². The molecular weight excluding hydrogens is 558 g/mol. The van der Waals surface area contributed by atoms with Gasteiger partial charge >= 0.3 is 0 Å². The van der Waals surface area contributed by atoms with E-state index in [0.717, 1.165) is 39.0 Å². The number of rotatable bonds is 5. The third kappa shape index (κ3) is 4.35. The molecule has 0 radical (unpaired) electrons. The third-order valence-corrected chi connectivity index (χ3v) is 9.06. The minimum atomic E-state index is 0.875. The smallest absolute Gasteiger partial charge is 0.137 e. The maximum absolute atomic E-state index is 6.54. The van der Waals surface area contributed by atoms with Gasteiger partial charge in [0, 0.05) is 33.6 Å². The second-order valence-electron chi connectivity index (χ2n) is 11.7. The number of hydrogen-bond donors (Lipinski definition) is 0. The van der Waals surface area contributed by atoms with Crippen LogP contribution >= 0.6 is 0 Å². The highest BCUT2D eigenvalue weighted by atomic mass is 16.3. The predicted octanol–water partition coefficient (Wildman–Crippen LogP) is 12.7. The fraction of sp³-hybridized carbons (Fsp3) is 0. The molecule has 2 heteroatoms. The average Bonchev–Trinajstić information content (AvgIpc) is 3.51. The lowest BCUT2D eigenvalue weighted by Gasteiger charge is -2.27. The lowest BCUT2D eigenvalue weighted by Crippen LogP contribution is -2.10. The monoisotopic (exact) mass is 587 g/mol. The Hall–Kier alpha value is -6.12. The van der Waals surface area contributed by atoms with Crippen LogP contribution in [0.2, 0.25) is 0 Å². The van der Waals surface area contributed by atoms with Crippen LogP contribution in [0.15, 0.2) is 180 Å². The zero-order valence-electron chi connectivity index (χ0n) is 25.1. The van der Waals surface area contributed by atoms with E-state index in [4.69, 9.17) is 4.42 Å². The van der Waals surface area contributed by atoms with E-state index in [-0.39, 0.29) is 0 Å². The maximum Gasteiger partial charge on any atom is 0.137 e. The van der Waals surface area contributed by atoms with E-state index in [1.807, 2.05) is 0 Å². The molecule has 9 rings (SSSR count). The standard InChI is InChI=1S/C44H29NO/c1-3-11-30(12-4-1)31-19-22-34(23-20-31)45(41-27-26-36(32-13-5-2-6-14-32)38-17-9-10-18-39(38)41)35-24-25-40-43(29-35)46-42-28-21-33-15-7-8-16-37(33)44(40)42/h1-29H. The van der Waals surface area contributed by atoms with E-state index in [2.05, 4.69) is 181 Å². The molecular formula is C44H29NO. The van der Waals surface area contributed by atoms with Gasteiger partial charge in [-0.2, -0.15) is 0 Å². The fourth-order valence-electron chi connectivity index (χ4n) is 6.88. The van der Waals surface area contributed by atoms with Gasteiger partial charge < -0.3 is 9.32 Å². The summed E-state index contributed by atoms with van der Waals surface area (Å²) < 4.78 is 6.54. The summed E-state index contributed by atoms with van der Waals surface area (Å²) in [5.41, 5.74) is 9.84. The van der Waals surface area contributed by atoms with E-state index in [1.54, 1.807) is 0 Å². The van der Waals surface area contributed by atoms with Gasteiger partial charge in [-0.15, -0.1) is 0 Å². The molecule has 1 heterocycles. The second-order valence-corrected chi connectivity index (χ2v) is 11.7. The van der Waals surface area contributed by atoms with Crippen molar-refractivity contribution in [3.8, 4) is 22.3 Å². The van der Waals surface area contributed by atoms with Gasteiger partial charge in [0.2, 0.25) is 0 Å². The molecule has 0 N–H and O–H groups in total.